The second-order valence-corrected chi connectivity index (χ2v) is 17.4. The summed E-state index contributed by atoms with van der Waals surface area (Å²) in [6, 6.07) is -0.934. The number of phosphoric acid groups is 1. The molecule has 1 amide bonds. The van der Waals surface area contributed by atoms with Gasteiger partial charge >= 0.3 is 0 Å². The highest BCUT2D eigenvalue weighted by molar-refractivity contribution is 7.45. The number of likely N-dealkylation sites (N-methyl/N-ethyl adjacent to an activating group) is 1. The van der Waals surface area contributed by atoms with Gasteiger partial charge in [0, 0.05) is 6.42 Å². The molecule has 0 saturated heterocycles. The number of carbonyl (C=O) groups excluding carboxylic acids is 1. The zero-order valence-corrected chi connectivity index (χ0v) is 39.2. The first kappa shape index (κ1) is 56.9. The van der Waals surface area contributed by atoms with Gasteiger partial charge in [-0.2, -0.15) is 0 Å². The molecule has 0 heterocycles. The average Bonchev–Trinajstić information content (AvgIpc) is 3.20. The van der Waals surface area contributed by atoms with Crippen molar-refractivity contribution < 1.29 is 32.9 Å². The lowest BCUT2D eigenvalue weighted by Crippen LogP contribution is -2.45. The van der Waals surface area contributed by atoms with Gasteiger partial charge in [0.1, 0.15) is 13.2 Å². The number of hydrogen-bond donors (Lipinski definition) is 2. The summed E-state index contributed by atoms with van der Waals surface area (Å²) < 4.78 is 23.1. The topological polar surface area (TPSA) is 108 Å². The van der Waals surface area contributed by atoms with Crippen molar-refractivity contribution >= 4 is 13.7 Å². The zero-order valence-electron chi connectivity index (χ0n) is 38.3. The number of quaternary nitrogens is 1. The van der Waals surface area contributed by atoms with E-state index in [0.29, 0.717) is 17.4 Å². The van der Waals surface area contributed by atoms with Crippen LogP contribution in [0.5, 0.6) is 0 Å². The third-order valence-corrected chi connectivity index (χ3v) is 10.1. The predicted molar refractivity (Wildman–Crippen MR) is 255 cm³/mol. The maximum Gasteiger partial charge on any atom is 0.268 e. The maximum absolute atomic E-state index is 12.8. The average molecular weight is 853 g/mol. The van der Waals surface area contributed by atoms with Gasteiger partial charge in [-0.05, 0) is 96.3 Å². The molecule has 0 aromatic rings. The number of rotatable bonds is 39. The lowest BCUT2D eigenvalue weighted by Gasteiger charge is -2.29. The van der Waals surface area contributed by atoms with Crippen LogP contribution in [0.25, 0.3) is 0 Å². The first-order chi connectivity index (χ1) is 29.0. The summed E-state index contributed by atoms with van der Waals surface area (Å²) in [6.45, 7) is 4.41. The third-order valence-electron chi connectivity index (χ3n) is 9.16. The number of carbonyl (C=O) groups is 1. The smallest absolute Gasteiger partial charge is 0.268 e. The van der Waals surface area contributed by atoms with E-state index in [0.717, 1.165) is 83.5 Å². The van der Waals surface area contributed by atoms with Gasteiger partial charge in [-0.15, -0.1) is 0 Å². The molecular weight excluding hydrogens is 768 g/mol. The van der Waals surface area contributed by atoms with E-state index in [1.165, 1.54) is 32.1 Å². The molecule has 0 spiro atoms. The number of phosphoric ester groups is 1. The number of aliphatic hydroxyl groups excluding tert-OH is 1. The molecule has 340 valence electrons. The molecule has 3 unspecified atom stereocenters. The van der Waals surface area contributed by atoms with Gasteiger partial charge in [-0.3, -0.25) is 9.36 Å². The Hall–Kier alpha value is -3.10. The van der Waals surface area contributed by atoms with Crippen LogP contribution in [0.15, 0.2) is 122 Å². The Morgan fingerprint density at radius 2 is 1.03 bits per heavy atom. The molecule has 0 aliphatic rings. The van der Waals surface area contributed by atoms with Crippen LogP contribution >= 0.6 is 7.82 Å². The SMILES string of the molecule is CC/C=C\C/C=C\C/C=C\C/C=C\C/C=C\C/C=C\C/C=C\C/C=C\CCCCC(=O)NC(COP(=O)([O-])OCC[N+](C)(C)C)C(O)/C=C/CC/C=C/CCCCCCC. The van der Waals surface area contributed by atoms with E-state index >= 15 is 0 Å². The molecule has 0 rings (SSSR count). The van der Waals surface area contributed by atoms with E-state index in [-0.39, 0.29) is 18.9 Å². The number of nitrogens with one attached hydrogen (secondary N) is 1. The van der Waals surface area contributed by atoms with E-state index in [4.69, 9.17) is 9.05 Å². The molecular formula is C51H85N2O6P. The van der Waals surface area contributed by atoms with Crippen molar-refractivity contribution in [1.82, 2.24) is 5.32 Å². The number of amides is 1. The number of unbranched alkanes of at least 4 members (excludes halogenated alkanes) is 8. The number of nitrogens with zero attached hydrogens (tertiary/aromatic N) is 1. The van der Waals surface area contributed by atoms with Crippen molar-refractivity contribution in [3.05, 3.63) is 122 Å². The molecule has 2 N–H and O–H groups in total. The molecule has 0 bridgehead atoms. The highest BCUT2D eigenvalue weighted by atomic mass is 31.2. The van der Waals surface area contributed by atoms with Crippen LogP contribution in [0, 0.1) is 0 Å². The highest BCUT2D eigenvalue weighted by Gasteiger charge is 2.23. The van der Waals surface area contributed by atoms with Crippen LogP contribution in [0.2, 0.25) is 0 Å². The minimum Gasteiger partial charge on any atom is -0.756 e. The second-order valence-electron chi connectivity index (χ2n) is 16.0. The van der Waals surface area contributed by atoms with Crippen molar-refractivity contribution in [2.45, 2.75) is 154 Å². The largest absolute Gasteiger partial charge is 0.756 e. The van der Waals surface area contributed by atoms with Gasteiger partial charge in [0.25, 0.3) is 7.82 Å². The minimum atomic E-state index is -4.61. The van der Waals surface area contributed by atoms with Crippen LogP contribution < -0.4 is 10.2 Å². The van der Waals surface area contributed by atoms with Crippen LogP contribution in [0.3, 0.4) is 0 Å². The summed E-state index contributed by atoms with van der Waals surface area (Å²) in [5.41, 5.74) is 0. The van der Waals surface area contributed by atoms with Crippen molar-refractivity contribution in [3.8, 4) is 0 Å². The zero-order chi connectivity index (χ0) is 44.3. The Bertz CT molecular complexity index is 1380. The normalized spacial score (nSPS) is 15.4. The molecule has 0 fully saturated rings. The molecule has 9 heteroatoms. The summed E-state index contributed by atoms with van der Waals surface area (Å²) in [5.74, 6) is -0.258. The molecule has 8 nitrogen and oxygen atoms in total. The predicted octanol–water partition coefficient (Wildman–Crippen LogP) is 12.4. The van der Waals surface area contributed by atoms with Crippen LogP contribution in [-0.2, 0) is 18.4 Å². The summed E-state index contributed by atoms with van der Waals surface area (Å²) in [6.07, 6.45) is 61.2. The summed E-state index contributed by atoms with van der Waals surface area (Å²) >= 11 is 0. The molecule has 3 atom stereocenters. The van der Waals surface area contributed by atoms with E-state index in [1.807, 2.05) is 27.2 Å². The summed E-state index contributed by atoms with van der Waals surface area (Å²) in [4.78, 5) is 25.3. The fourth-order valence-electron chi connectivity index (χ4n) is 5.53. The molecule has 0 aromatic carbocycles. The van der Waals surface area contributed by atoms with Gasteiger partial charge in [0.05, 0.1) is 39.9 Å². The maximum atomic E-state index is 12.8. The lowest BCUT2D eigenvalue weighted by molar-refractivity contribution is -0.870. The molecule has 0 aromatic heterocycles. The van der Waals surface area contributed by atoms with E-state index in [2.05, 4.69) is 129 Å². The Kier molecular flexibility index (Phi) is 39.1. The van der Waals surface area contributed by atoms with E-state index < -0.39 is 26.6 Å². The molecule has 0 saturated carbocycles. The van der Waals surface area contributed by atoms with Crippen molar-refractivity contribution in [3.63, 3.8) is 0 Å². The lowest BCUT2D eigenvalue weighted by atomic mass is 10.1. The Balaban J connectivity index is 4.45. The van der Waals surface area contributed by atoms with E-state index in [1.54, 1.807) is 6.08 Å². The summed E-state index contributed by atoms with van der Waals surface area (Å²) in [7, 11) is 1.19. The van der Waals surface area contributed by atoms with Gasteiger partial charge in [0.2, 0.25) is 5.91 Å². The first-order valence-corrected chi connectivity index (χ1v) is 24.4. The van der Waals surface area contributed by atoms with Gasteiger partial charge in [-0.1, -0.05) is 161 Å². The van der Waals surface area contributed by atoms with Crippen LogP contribution in [-0.4, -0.2) is 68.5 Å². The molecule has 0 aliphatic heterocycles. The van der Waals surface area contributed by atoms with Gasteiger partial charge < -0.3 is 28.8 Å². The van der Waals surface area contributed by atoms with E-state index in [9.17, 15) is 19.4 Å². The molecule has 0 radical (unpaired) electrons. The van der Waals surface area contributed by atoms with Crippen LogP contribution in [0.4, 0.5) is 0 Å². The highest BCUT2D eigenvalue weighted by Crippen LogP contribution is 2.38. The second kappa shape index (κ2) is 41.3. The van der Waals surface area contributed by atoms with Crippen molar-refractivity contribution in [2.75, 3.05) is 40.9 Å². The standard InChI is InChI=1S/C51H85N2O6P/c1-6-8-10-12-14-16-18-19-20-21-22-23-24-25-26-27-28-29-30-31-32-33-35-37-39-41-43-45-51(55)52-49(48-59-60(56,57)58-47-46-53(3,4)5)50(54)44-42-40-38-36-34-17-15-13-11-9-7-2/h8,10,14,16,19-20,22-23,25-26,28-29,31-32,34-37,42,44,49-50,54H,6-7,9,11-13,15,17-18,21,24,27,30,33,38-41,43,45-48H2,1-5H3,(H-,52,55,56,57)/b10-8-,16-14-,20-19-,23-22-,26-25-,29-28-,32-31-,36-34+,37-35-,44-42+. The number of hydrogen-bond acceptors (Lipinski definition) is 6. The Morgan fingerprint density at radius 1 is 0.600 bits per heavy atom. The van der Waals surface area contributed by atoms with Gasteiger partial charge in [0.15, 0.2) is 0 Å². The van der Waals surface area contributed by atoms with Crippen LogP contribution in [0.1, 0.15) is 142 Å². The third kappa shape index (κ3) is 43.0. The van der Waals surface area contributed by atoms with Gasteiger partial charge in [-0.25, -0.2) is 0 Å². The van der Waals surface area contributed by atoms with Crippen molar-refractivity contribution in [1.29, 1.82) is 0 Å². The first-order valence-electron chi connectivity index (χ1n) is 22.9. The Labute approximate surface area is 367 Å². The quantitative estimate of drug-likeness (QED) is 0.0276. The number of aliphatic hydroxyl groups is 1. The monoisotopic (exact) mass is 853 g/mol. The number of allylic oxidation sites excluding steroid dienone is 19. The van der Waals surface area contributed by atoms with Crippen molar-refractivity contribution in [2.24, 2.45) is 0 Å². The fraction of sp³-hybridized carbons (Fsp3) is 0.588. The minimum absolute atomic E-state index is 0.0227. The fourth-order valence-corrected chi connectivity index (χ4v) is 6.26. The molecule has 0 aliphatic carbocycles. The Morgan fingerprint density at radius 3 is 1.53 bits per heavy atom. The summed E-state index contributed by atoms with van der Waals surface area (Å²) in [5, 5.41) is 13.7. The molecule has 60 heavy (non-hydrogen) atoms.